The van der Waals surface area contributed by atoms with Gasteiger partial charge in [0, 0.05) is 35.6 Å². The second kappa shape index (κ2) is 11.8. The number of anilines is 2. The maximum atomic E-state index is 14.0. The number of ether oxygens (including phenoxy) is 1. The number of esters is 1. The van der Waals surface area contributed by atoms with Crippen LogP contribution in [0.4, 0.5) is 21.5 Å². The van der Waals surface area contributed by atoms with Crippen LogP contribution in [0.2, 0.25) is 0 Å². The van der Waals surface area contributed by atoms with Crippen LogP contribution in [0.15, 0.2) is 120 Å². The number of nitrogens with zero attached hydrogens (tertiary/aromatic N) is 2. The predicted octanol–water partition coefficient (Wildman–Crippen LogP) is 7.36. The number of carbonyl (C=O) groups is 1. The lowest BCUT2D eigenvalue weighted by molar-refractivity contribution is -0.384. The molecule has 0 saturated heterocycles. The van der Waals surface area contributed by atoms with Gasteiger partial charge < -0.3 is 15.0 Å². The van der Waals surface area contributed by atoms with Crippen molar-refractivity contribution < 1.29 is 18.8 Å². The molecule has 1 N–H and O–H groups in total. The van der Waals surface area contributed by atoms with Crippen molar-refractivity contribution in [2.45, 2.75) is 25.4 Å². The topological polar surface area (TPSA) is 84.7 Å². The summed E-state index contributed by atoms with van der Waals surface area (Å²) in [5, 5.41) is 14.9. The van der Waals surface area contributed by atoms with Crippen molar-refractivity contribution in [2.24, 2.45) is 0 Å². The Balaban J connectivity index is 1.77. The number of para-hydroxylation sites is 2. The molecule has 0 amide bonds. The number of halogens is 1. The molecule has 202 valence electrons. The minimum atomic E-state index is -0.669. The highest BCUT2D eigenvalue weighted by atomic mass is 19.1. The van der Waals surface area contributed by atoms with Gasteiger partial charge in [0.2, 0.25) is 0 Å². The molecule has 7 nitrogen and oxygen atoms in total. The molecule has 2 atom stereocenters. The van der Waals surface area contributed by atoms with Gasteiger partial charge in [-0.15, -0.1) is 0 Å². The van der Waals surface area contributed by atoms with E-state index in [1.807, 2.05) is 60.7 Å². The molecule has 0 radical (unpaired) electrons. The molecule has 0 aromatic heterocycles. The highest BCUT2D eigenvalue weighted by Crippen LogP contribution is 2.48. The zero-order valence-corrected chi connectivity index (χ0v) is 21.9. The molecule has 1 heterocycles. The maximum absolute atomic E-state index is 14.0. The van der Waals surface area contributed by atoms with E-state index in [4.69, 9.17) is 4.74 Å². The Hall–Kier alpha value is -4.98. The highest BCUT2D eigenvalue weighted by Gasteiger charge is 2.42. The minimum Gasteiger partial charge on any atom is -0.463 e. The average molecular weight is 538 g/mol. The third-order valence-electron chi connectivity index (χ3n) is 6.90. The average Bonchev–Trinajstić information content (AvgIpc) is 2.98. The first-order valence-electron chi connectivity index (χ1n) is 13.0. The van der Waals surface area contributed by atoms with Crippen molar-refractivity contribution in [3.63, 3.8) is 0 Å². The Bertz CT molecular complexity index is 1510. The van der Waals surface area contributed by atoms with Crippen LogP contribution in [-0.2, 0) is 9.53 Å². The van der Waals surface area contributed by atoms with Crippen LogP contribution in [0.1, 0.15) is 36.6 Å². The lowest BCUT2D eigenvalue weighted by Crippen LogP contribution is -2.41. The highest BCUT2D eigenvalue weighted by molar-refractivity contribution is 5.93. The van der Waals surface area contributed by atoms with Crippen LogP contribution >= 0.6 is 0 Å². The number of nitro benzene ring substituents is 1. The van der Waals surface area contributed by atoms with E-state index in [9.17, 15) is 19.3 Å². The van der Waals surface area contributed by atoms with Gasteiger partial charge >= 0.3 is 5.97 Å². The van der Waals surface area contributed by atoms with Crippen molar-refractivity contribution in [2.75, 3.05) is 16.8 Å². The number of non-ortho nitro benzene ring substituents is 1. The van der Waals surface area contributed by atoms with Crippen LogP contribution in [-0.4, -0.2) is 17.5 Å². The van der Waals surface area contributed by atoms with Crippen molar-refractivity contribution in [3.8, 4) is 0 Å². The second-order valence-electron chi connectivity index (χ2n) is 9.37. The van der Waals surface area contributed by atoms with Crippen LogP contribution in [0.5, 0.6) is 0 Å². The third-order valence-corrected chi connectivity index (χ3v) is 6.90. The van der Waals surface area contributed by atoms with Crippen LogP contribution in [0.3, 0.4) is 0 Å². The van der Waals surface area contributed by atoms with Gasteiger partial charge in [-0.05, 0) is 66.6 Å². The molecule has 0 saturated carbocycles. The van der Waals surface area contributed by atoms with Crippen molar-refractivity contribution in [3.05, 3.63) is 148 Å². The van der Waals surface area contributed by atoms with Gasteiger partial charge in [-0.25, -0.2) is 9.18 Å². The number of hydrogen-bond acceptors (Lipinski definition) is 6. The number of carbonyl (C=O) groups excluding carboxylic acids is 1. The maximum Gasteiger partial charge on any atom is 0.338 e. The summed E-state index contributed by atoms with van der Waals surface area (Å²) in [6, 6.07) is 30.7. The van der Waals surface area contributed by atoms with Gasteiger partial charge in [-0.2, -0.15) is 0 Å². The fourth-order valence-electron chi connectivity index (χ4n) is 5.14. The number of nitro groups is 1. The number of rotatable bonds is 8. The second-order valence-corrected chi connectivity index (χ2v) is 9.37. The summed E-state index contributed by atoms with van der Waals surface area (Å²) in [5.74, 6) is -0.828. The molecule has 1 aliphatic rings. The summed E-state index contributed by atoms with van der Waals surface area (Å²) in [6.45, 7) is 1.93. The molecular weight excluding hydrogens is 509 g/mol. The van der Waals surface area contributed by atoms with Gasteiger partial charge in [0.05, 0.1) is 29.2 Å². The molecule has 4 aromatic carbocycles. The third kappa shape index (κ3) is 5.56. The van der Waals surface area contributed by atoms with Crippen molar-refractivity contribution in [1.29, 1.82) is 0 Å². The van der Waals surface area contributed by atoms with Crippen molar-refractivity contribution in [1.82, 2.24) is 0 Å². The van der Waals surface area contributed by atoms with E-state index < -0.39 is 16.9 Å². The first-order chi connectivity index (χ1) is 19.5. The van der Waals surface area contributed by atoms with E-state index in [0.717, 1.165) is 16.9 Å². The lowest BCUT2D eigenvalue weighted by Gasteiger charge is -2.46. The Morgan fingerprint density at radius 1 is 0.925 bits per heavy atom. The molecule has 40 heavy (non-hydrogen) atoms. The Kier molecular flexibility index (Phi) is 7.87. The molecule has 4 aromatic rings. The monoisotopic (exact) mass is 537 g/mol. The van der Waals surface area contributed by atoms with Gasteiger partial charge in [0.25, 0.3) is 5.69 Å². The van der Waals surface area contributed by atoms with E-state index in [0.29, 0.717) is 23.3 Å². The molecule has 8 heteroatoms. The fraction of sp³-hybridized carbons (Fsp3) is 0.156. The fourth-order valence-corrected chi connectivity index (χ4v) is 5.14. The first kappa shape index (κ1) is 26.6. The summed E-state index contributed by atoms with van der Waals surface area (Å²) in [4.78, 5) is 26.8. The SMILES string of the molecule is CCOC(=O)C1=C(Nc2ccccc2)CC(c2ccc(F)cc2)N(c2ccccc2)C1c1ccc([N+](=O)[O-])cc1. The van der Waals surface area contributed by atoms with E-state index in [-0.39, 0.29) is 24.2 Å². The number of nitrogens with one attached hydrogen (secondary N) is 1. The summed E-state index contributed by atoms with van der Waals surface area (Å²) >= 11 is 0. The smallest absolute Gasteiger partial charge is 0.338 e. The molecular formula is C32H28FN3O4. The predicted molar refractivity (Wildman–Crippen MR) is 152 cm³/mol. The summed E-state index contributed by atoms with van der Waals surface area (Å²) < 4.78 is 19.6. The lowest BCUT2D eigenvalue weighted by atomic mass is 9.84. The molecule has 0 aliphatic carbocycles. The zero-order valence-electron chi connectivity index (χ0n) is 21.9. The normalized spacial score (nSPS) is 16.9. The molecule has 0 fully saturated rings. The van der Waals surface area contributed by atoms with Gasteiger partial charge in [0.15, 0.2) is 0 Å². The Labute approximate surface area is 231 Å². The molecule has 0 bridgehead atoms. The van der Waals surface area contributed by atoms with Crippen molar-refractivity contribution >= 4 is 23.0 Å². The summed E-state index contributed by atoms with van der Waals surface area (Å²) in [7, 11) is 0. The van der Waals surface area contributed by atoms with E-state index in [1.54, 1.807) is 31.2 Å². The zero-order chi connectivity index (χ0) is 28.1. The largest absolute Gasteiger partial charge is 0.463 e. The summed E-state index contributed by atoms with van der Waals surface area (Å²) in [5.41, 5.74) is 4.18. The van der Waals surface area contributed by atoms with E-state index in [2.05, 4.69) is 10.2 Å². The number of benzene rings is 4. The molecule has 1 aliphatic heterocycles. The minimum absolute atomic E-state index is 0.0507. The van der Waals surface area contributed by atoms with E-state index in [1.165, 1.54) is 24.3 Å². The van der Waals surface area contributed by atoms with Crippen LogP contribution in [0, 0.1) is 15.9 Å². The molecule has 0 spiro atoms. The first-order valence-corrected chi connectivity index (χ1v) is 13.0. The standard InChI is InChI=1S/C32H28FN3O4/c1-2-40-32(37)30-28(34-25-9-5-3-6-10-25)21-29(22-13-17-24(33)18-14-22)35(26-11-7-4-8-12-26)31(30)23-15-19-27(20-16-23)36(38)39/h3-20,29,31,34H,2,21H2,1H3. The molecule has 2 unspecified atom stereocenters. The Morgan fingerprint density at radius 2 is 1.52 bits per heavy atom. The summed E-state index contributed by atoms with van der Waals surface area (Å²) in [6.07, 6.45) is 0.396. The van der Waals surface area contributed by atoms with E-state index >= 15 is 0 Å². The van der Waals surface area contributed by atoms with Gasteiger partial charge in [-0.3, -0.25) is 10.1 Å². The van der Waals surface area contributed by atoms with Crippen LogP contribution in [0.25, 0.3) is 0 Å². The quantitative estimate of drug-likeness (QED) is 0.144. The Morgan fingerprint density at radius 3 is 2.12 bits per heavy atom. The van der Waals surface area contributed by atoms with Crippen LogP contribution < -0.4 is 10.2 Å². The van der Waals surface area contributed by atoms with Gasteiger partial charge in [-0.1, -0.05) is 48.5 Å². The van der Waals surface area contributed by atoms with Gasteiger partial charge in [0.1, 0.15) is 5.82 Å². The number of hydrogen-bond donors (Lipinski definition) is 1. The molecule has 5 rings (SSSR count).